The summed E-state index contributed by atoms with van der Waals surface area (Å²) < 4.78 is 6.25. The molecule has 0 N–H and O–H groups in total. The minimum Gasteiger partial charge on any atom is -0.456 e. The van der Waals surface area contributed by atoms with E-state index in [-0.39, 0.29) is 23.0 Å². The maximum absolute atomic E-state index is 6.25. The van der Waals surface area contributed by atoms with Crippen molar-refractivity contribution in [3.8, 4) is 22.3 Å². The second-order valence-electron chi connectivity index (χ2n) is 21.6. The fourth-order valence-electron chi connectivity index (χ4n) is 10.5. The normalized spacial score (nSPS) is 13.6. The molecule has 0 radical (unpaired) electrons. The number of aryl methyl sites for hydroxylation is 1. The summed E-state index contributed by atoms with van der Waals surface area (Å²) in [7, 11) is 0. The van der Waals surface area contributed by atoms with Gasteiger partial charge in [0.05, 0.1) is 0 Å². The third kappa shape index (κ3) is 6.80. The van der Waals surface area contributed by atoms with Gasteiger partial charge in [0, 0.05) is 44.9 Å². The number of benzene rings is 8. The van der Waals surface area contributed by atoms with Crippen LogP contribution in [0, 0.1) is 6.92 Å². The van der Waals surface area contributed by atoms with Crippen LogP contribution in [0.3, 0.4) is 0 Å². The van der Waals surface area contributed by atoms with Gasteiger partial charge in [0.25, 0.3) is 6.71 Å². The number of hydrogen-bond acceptors (Lipinski definition) is 3. The minimum atomic E-state index is -0.0424. The lowest BCUT2D eigenvalue weighted by Gasteiger charge is -2.45. The first-order chi connectivity index (χ1) is 31.0. The lowest BCUT2D eigenvalue weighted by Crippen LogP contribution is -2.61. The lowest BCUT2D eigenvalue weighted by molar-refractivity contribution is 0.590. The first-order valence-corrected chi connectivity index (χ1v) is 23.3. The standard InChI is InChI=1S/C61H57BN2O/c1-38-31-54-58-55(32-38)64(45-26-27-49(61(8,9)10)47(37-45)39-17-12-11-13-18-39)53-36-43(60(5,6)7)25-29-51(53)62(58)50-28-24-42(59(2,3)4)35-52(50)63(54)44-20-16-19-40(33-44)41-23-30-57-48(34-41)46-21-14-15-22-56(46)65-57/h11-37H,1-10H3. The Morgan fingerprint density at radius 1 is 0.415 bits per heavy atom. The highest BCUT2D eigenvalue weighted by Crippen LogP contribution is 2.48. The topological polar surface area (TPSA) is 19.6 Å². The van der Waals surface area contributed by atoms with Crippen molar-refractivity contribution in [3.05, 3.63) is 186 Å². The second-order valence-corrected chi connectivity index (χ2v) is 21.6. The highest BCUT2D eigenvalue weighted by Gasteiger charge is 2.44. The van der Waals surface area contributed by atoms with E-state index in [9.17, 15) is 0 Å². The molecule has 0 fully saturated rings. The van der Waals surface area contributed by atoms with Gasteiger partial charge in [-0.05, 0) is 151 Å². The van der Waals surface area contributed by atoms with Crippen LogP contribution in [-0.2, 0) is 16.2 Å². The molecule has 11 rings (SSSR count). The molecule has 320 valence electrons. The largest absolute Gasteiger partial charge is 0.456 e. The monoisotopic (exact) mass is 844 g/mol. The van der Waals surface area contributed by atoms with E-state index in [0.29, 0.717) is 0 Å². The SMILES string of the molecule is Cc1cc2c3c(c1)N(c1ccc(C(C)(C)C)c(-c4ccccc4)c1)c1cc(C(C)(C)C)ccc1B3c1ccc(C(C)(C)C)cc1N2c1cccc(-c2ccc3oc4ccccc4c3c2)c1. The molecule has 0 atom stereocenters. The summed E-state index contributed by atoms with van der Waals surface area (Å²) >= 11 is 0. The molecule has 3 heterocycles. The van der Waals surface area contributed by atoms with Crippen LogP contribution in [0.25, 0.3) is 44.2 Å². The molecule has 0 saturated heterocycles. The van der Waals surface area contributed by atoms with Gasteiger partial charge < -0.3 is 14.2 Å². The van der Waals surface area contributed by atoms with Crippen molar-refractivity contribution in [1.82, 2.24) is 0 Å². The summed E-state index contributed by atoms with van der Waals surface area (Å²) in [5.74, 6) is 0. The first kappa shape index (κ1) is 41.0. The Morgan fingerprint density at radius 3 is 1.62 bits per heavy atom. The number of para-hydroxylation sites is 1. The van der Waals surface area contributed by atoms with Gasteiger partial charge in [0.2, 0.25) is 0 Å². The van der Waals surface area contributed by atoms with Gasteiger partial charge in [-0.25, -0.2) is 0 Å². The molecule has 0 amide bonds. The van der Waals surface area contributed by atoms with Crippen LogP contribution in [0.1, 0.15) is 84.6 Å². The predicted molar refractivity (Wildman–Crippen MR) is 279 cm³/mol. The minimum absolute atomic E-state index is 0.0311. The van der Waals surface area contributed by atoms with Crippen molar-refractivity contribution in [2.75, 3.05) is 9.80 Å². The predicted octanol–water partition coefficient (Wildman–Crippen LogP) is 15.2. The Kier molecular flexibility index (Phi) is 9.22. The fraction of sp³-hybridized carbons (Fsp3) is 0.213. The Hall–Kier alpha value is -6.78. The number of anilines is 6. The first-order valence-electron chi connectivity index (χ1n) is 23.3. The van der Waals surface area contributed by atoms with Crippen LogP contribution >= 0.6 is 0 Å². The molecule has 2 aliphatic rings. The van der Waals surface area contributed by atoms with E-state index in [1.54, 1.807) is 0 Å². The maximum atomic E-state index is 6.25. The zero-order chi connectivity index (χ0) is 45.2. The van der Waals surface area contributed by atoms with Gasteiger partial charge in [-0.2, -0.15) is 0 Å². The van der Waals surface area contributed by atoms with Gasteiger partial charge in [0.15, 0.2) is 0 Å². The van der Waals surface area contributed by atoms with E-state index in [4.69, 9.17) is 4.42 Å². The van der Waals surface area contributed by atoms with E-state index >= 15 is 0 Å². The summed E-state index contributed by atoms with van der Waals surface area (Å²) in [6.45, 7) is 23.2. The van der Waals surface area contributed by atoms with Crippen LogP contribution < -0.4 is 26.2 Å². The highest BCUT2D eigenvalue weighted by molar-refractivity contribution is 7.00. The third-order valence-corrected chi connectivity index (χ3v) is 13.9. The molecule has 4 heteroatoms. The van der Waals surface area contributed by atoms with Crippen molar-refractivity contribution in [3.63, 3.8) is 0 Å². The van der Waals surface area contributed by atoms with E-state index < -0.39 is 0 Å². The van der Waals surface area contributed by atoms with Gasteiger partial charge in [-0.1, -0.05) is 159 Å². The van der Waals surface area contributed by atoms with Gasteiger partial charge in [0.1, 0.15) is 11.2 Å². The fourth-order valence-corrected chi connectivity index (χ4v) is 10.5. The summed E-state index contributed by atoms with van der Waals surface area (Å²) in [5.41, 5.74) is 23.0. The molecular formula is C61H57BN2O. The van der Waals surface area contributed by atoms with Crippen LogP contribution in [0.4, 0.5) is 34.1 Å². The number of nitrogens with zero attached hydrogens (tertiary/aromatic N) is 2. The summed E-state index contributed by atoms with van der Waals surface area (Å²) in [4.78, 5) is 5.15. The van der Waals surface area contributed by atoms with Gasteiger partial charge >= 0.3 is 0 Å². The van der Waals surface area contributed by atoms with Crippen LogP contribution in [0.2, 0.25) is 0 Å². The Morgan fingerprint density at radius 2 is 0.985 bits per heavy atom. The van der Waals surface area contributed by atoms with E-state index in [1.165, 1.54) is 89.3 Å². The maximum Gasteiger partial charge on any atom is 0.252 e. The Bertz CT molecular complexity index is 3360. The van der Waals surface area contributed by atoms with Crippen molar-refractivity contribution in [2.45, 2.75) is 85.5 Å². The van der Waals surface area contributed by atoms with Crippen LogP contribution in [0.15, 0.2) is 168 Å². The summed E-state index contributed by atoms with van der Waals surface area (Å²) in [6, 6.07) is 61.7. The Labute approximate surface area is 385 Å². The molecule has 9 aromatic rings. The quantitative estimate of drug-likeness (QED) is 0.165. The summed E-state index contributed by atoms with van der Waals surface area (Å²) in [6.07, 6.45) is 0. The molecule has 0 aliphatic carbocycles. The second kappa shape index (κ2) is 14.6. The smallest absolute Gasteiger partial charge is 0.252 e. The molecular weight excluding hydrogens is 787 g/mol. The van der Waals surface area contributed by atoms with Crippen molar-refractivity contribution in [2.24, 2.45) is 0 Å². The number of rotatable bonds is 4. The number of hydrogen-bond donors (Lipinski definition) is 0. The number of furan rings is 1. The van der Waals surface area contributed by atoms with Crippen molar-refractivity contribution in [1.29, 1.82) is 0 Å². The van der Waals surface area contributed by atoms with E-state index in [0.717, 1.165) is 27.6 Å². The molecule has 0 saturated carbocycles. The average molecular weight is 845 g/mol. The van der Waals surface area contributed by atoms with Gasteiger partial charge in [-0.15, -0.1) is 0 Å². The average Bonchev–Trinajstić information content (AvgIpc) is 3.66. The van der Waals surface area contributed by atoms with Crippen LogP contribution in [-0.4, -0.2) is 6.71 Å². The third-order valence-electron chi connectivity index (χ3n) is 13.9. The van der Waals surface area contributed by atoms with E-state index in [2.05, 4.69) is 237 Å². The lowest BCUT2D eigenvalue weighted by atomic mass is 9.33. The van der Waals surface area contributed by atoms with Gasteiger partial charge in [-0.3, -0.25) is 0 Å². The highest BCUT2D eigenvalue weighted by atomic mass is 16.3. The molecule has 65 heavy (non-hydrogen) atoms. The zero-order valence-electron chi connectivity index (χ0n) is 39.5. The van der Waals surface area contributed by atoms with Crippen LogP contribution in [0.5, 0.6) is 0 Å². The molecule has 3 nitrogen and oxygen atoms in total. The number of fused-ring (bicyclic) bond motifs is 7. The van der Waals surface area contributed by atoms with Crippen molar-refractivity contribution < 1.29 is 4.42 Å². The molecule has 2 aliphatic heterocycles. The van der Waals surface area contributed by atoms with E-state index in [1.807, 2.05) is 6.07 Å². The molecule has 0 spiro atoms. The zero-order valence-corrected chi connectivity index (χ0v) is 39.5. The molecule has 8 aromatic carbocycles. The van der Waals surface area contributed by atoms with Crippen molar-refractivity contribution >= 4 is 79.2 Å². The molecule has 0 bridgehead atoms. The Balaban J connectivity index is 1.17. The molecule has 1 aromatic heterocycles. The molecule has 0 unspecified atom stereocenters. The summed E-state index contributed by atoms with van der Waals surface area (Å²) in [5, 5.41) is 2.28.